The molecule has 1 atom stereocenters. The van der Waals surface area contributed by atoms with Gasteiger partial charge in [-0.2, -0.15) is 0 Å². The number of rotatable bonds is 8. The van der Waals surface area contributed by atoms with Crippen molar-refractivity contribution in [1.29, 1.82) is 0 Å². The smallest absolute Gasteiger partial charge is 0.406 e. The molecular weight excluding hydrogens is 403 g/mol. The second kappa shape index (κ2) is 10.0. The molecule has 0 N–H and O–H groups in total. The van der Waals surface area contributed by atoms with Crippen molar-refractivity contribution in [2.24, 2.45) is 5.92 Å². The van der Waals surface area contributed by atoms with Crippen LogP contribution in [0.4, 0.5) is 18.9 Å². The van der Waals surface area contributed by atoms with Crippen LogP contribution in [0.3, 0.4) is 0 Å². The number of benzene rings is 2. The normalized spacial score (nSPS) is 13.1. The third-order valence-corrected chi connectivity index (χ3v) is 5.48. The highest BCUT2D eigenvalue weighted by atomic mass is 19.4. The molecule has 0 saturated carbocycles. The second-order valence-corrected chi connectivity index (χ2v) is 7.85. The van der Waals surface area contributed by atoms with Gasteiger partial charge in [0.2, 0.25) is 0 Å². The molecule has 0 aliphatic heterocycles. The van der Waals surface area contributed by atoms with Crippen molar-refractivity contribution in [2.75, 3.05) is 11.9 Å². The quantitative estimate of drug-likeness (QED) is 0.403. The summed E-state index contributed by atoms with van der Waals surface area (Å²) in [5.74, 6) is -0.351. The lowest BCUT2D eigenvalue weighted by atomic mass is 9.90. The zero-order valence-corrected chi connectivity index (χ0v) is 18.9. The van der Waals surface area contributed by atoms with Gasteiger partial charge in [-0.1, -0.05) is 38.5 Å². The molecule has 0 amide bonds. The van der Waals surface area contributed by atoms with E-state index in [1.54, 1.807) is 12.1 Å². The Morgan fingerprint density at radius 3 is 2.29 bits per heavy atom. The number of ketones is 1. The largest absolute Gasteiger partial charge is 0.573 e. The summed E-state index contributed by atoms with van der Waals surface area (Å²) in [5.41, 5.74) is 5.12. The van der Waals surface area contributed by atoms with Gasteiger partial charge in [0.05, 0.1) is 0 Å². The lowest BCUT2D eigenvalue weighted by Crippen LogP contribution is -2.17. The number of allylic oxidation sites excluding steroid dienone is 1. The number of carbonyl (C=O) groups is 1. The van der Waals surface area contributed by atoms with Gasteiger partial charge in [0, 0.05) is 30.4 Å². The number of Topliss-reactive ketones (excluding diaryl/α,β-unsaturated/α-hetero) is 1. The van der Waals surface area contributed by atoms with Gasteiger partial charge in [-0.25, -0.2) is 0 Å². The Kier molecular flexibility index (Phi) is 7.93. The number of halogens is 3. The lowest BCUT2D eigenvalue weighted by Gasteiger charge is -2.23. The summed E-state index contributed by atoms with van der Waals surface area (Å²) in [4.78, 5) is 14.9. The lowest BCUT2D eigenvalue weighted by molar-refractivity contribution is -0.274. The fourth-order valence-electron chi connectivity index (χ4n) is 3.30. The average Bonchev–Trinajstić information content (AvgIpc) is 2.72. The van der Waals surface area contributed by atoms with E-state index in [9.17, 15) is 18.0 Å². The number of hydrogen-bond acceptors (Lipinski definition) is 3. The summed E-state index contributed by atoms with van der Waals surface area (Å²) in [5, 5.41) is 0. The Bertz CT molecular complexity index is 946. The van der Waals surface area contributed by atoms with E-state index in [1.165, 1.54) is 17.7 Å². The topological polar surface area (TPSA) is 29.5 Å². The average molecular weight is 434 g/mol. The van der Waals surface area contributed by atoms with E-state index >= 15 is 0 Å². The molecule has 0 radical (unpaired) electrons. The van der Waals surface area contributed by atoms with Crippen LogP contribution in [-0.2, 0) is 0 Å². The van der Waals surface area contributed by atoms with Crippen LogP contribution in [0.2, 0.25) is 0 Å². The minimum Gasteiger partial charge on any atom is -0.406 e. The van der Waals surface area contributed by atoms with Crippen molar-refractivity contribution in [3.05, 3.63) is 59.3 Å². The summed E-state index contributed by atoms with van der Waals surface area (Å²) >= 11 is 0. The van der Waals surface area contributed by atoms with Crippen molar-refractivity contribution < 1.29 is 22.7 Å². The molecule has 3 nitrogen and oxygen atoms in total. The Balaban J connectivity index is 2.60. The molecular formula is C25H30F3NO2. The Morgan fingerprint density at radius 2 is 1.77 bits per heavy atom. The summed E-state index contributed by atoms with van der Waals surface area (Å²) < 4.78 is 41.4. The van der Waals surface area contributed by atoms with E-state index in [4.69, 9.17) is 0 Å². The fourth-order valence-corrected chi connectivity index (χ4v) is 3.30. The summed E-state index contributed by atoms with van der Waals surface area (Å²) in [6.07, 6.45) is -1.07. The molecule has 0 aliphatic rings. The van der Waals surface area contributed by atoms with Crippen LogP contribution < -0.4 is 9.64 Å². The van der Waals surface area contributed by atoms with Crippen LogP contribution in [0.15, 0.2) is 48.2 Å². The number of alkyl halides is 3. The number of carbonyl (C=O) groups excluding carboxylic acids is 1. The molecule has 0 fully saturated rings. The minimum absolute atomic E-state index is 0.0478. The molecule has 6 heteroatoms. The van der Waals surface area contributed by atoms with E-state index < -0.39 is 6.36 Å². The van der Waals surface area contributed by atoms with E-state index in [-0.39, 0.29) is 17.5 Å². The molecule has 0 aromatic heterocycles. The number of nitrogens with zero attached hydrogens (tertiary/aromatic N) is 1. The van der Waals surface area contributed by atoms with Gasteiger partial charge < -0.3 is 9.64 Å². The van der Waals surface area contributed by atoms with Crippen molar-refractivity contribution in [2.45, 2.75) is 53.8 Å². The van der Waals surface area contributed by atoms with Crippen LogP contribution in [0, 0.1) is 12.8 Å². The van der Waals surface area contributed by atoms with Gasteiger partial charge in [-0.15, -0.1) is 13.2 Å². The first-order valence-electron chi connectivity index (χ1n) is 10.4. The van der Waals surface area contributed by atoms with Gasteiger partial charge in [-0.05, 0) is 67.6 Å². The highest BCUT2D eigenvalue weighted by Crippen LogP contribution is 2.35. The Morgan fingerprint density at radius 1 is 1.16 bits per heavy atom. The molecule has 2 rings (SSSR count). The van der Waals surface area contributed by atoms with Crippen LogP contribution >= 0.6 is 0 Å². The first-order chi connectivity index (χ1) is 14.5. The highest BCUT2D eigenvalue weighted by molar-refractivity contribution is 6.00. The molecule has 0 aliphatic carbocycles. The van der Waals surface area contributed by atoms with E-state index in [1.807, 2.05) is 58.0 Å². The maximum absolute atomic E-state index is 13.0. The standard InChI is InChI=1S/C25H30F3NO2/c1-7-16(3)15-29(6)23-14-20(24(30)17(4)8-2)13-22(18(23)5)19-9-11-21(12-10-19)31-25(26,27)28/h9-15,17H,7-8H2,1-6H3/b16-15+. The maximum atomic E-state index is 13.0. The molecule has 0 saturated heterocycles. The zero-order valence-electron chi connectivity index (χ0n) is 18.9. The predicted octanol–water partition coefficient (Wildman–Crippen LogP) is 7.54. The van der Waals surface area contributed by atoms with Crippen molar-refractivity contribution in [1.82, 2.24) is 0 Å². The first-order valence-corrected chi connectivity index (χ1v) is 10.4. The molecule has 0 heterocycles. The molecule has 2 aromatic rings. The zero-order chi connectivity index (χ0) is 23.3. The van der Waals surface area contributed by atoms with Crippen LogP contribution in [0.5, 0.6) is 5.75 Å². The molecule has 31 heavy (non-hydrogen) atoms. The van der Waals surface area contributed by atoms with Gasteiger partial charge >= 0.3 is 6.36 Å². The van der Waals surface area contributed by atoms with E-state index in [2.05, 4.69) is 11.7 Å². The predicted molar refractivity (Wildman–Crippen MR) is 120 cm³/mol. The molecule has 2 aromatic carbocycles. The number of ether oxygens (including phenoxy) is 1. The fraction of sp³-hybridized carbons (Fsp3) is 0.400. The third kappa shape index (κ3) is 6.36. The van der Waals surface area contributed by atoms with Crippen LogP contribution in [0.1, 0.15) is 56.5 Å². The van der Waals surface area contributed by atoms with Gasteiger partial charge in [0.25, 0.3) is 0 Å². The summed E-state index contributed by atoms with van der Waals surface area (Å²) in [7, 11) is 1.93. The molecule has 1 unspecified atom stereocenters. The Labute approximate surface area is 182 Å². The maximum Gasteiger partial charge on any atom is 0.573 e. The second-order valence-electron chi connectivity index (χ2n) is 7.85. The van der Waals surface area contributed by atoms with Gasteiger partial charge in [0.1, 0.15) is 5.75 Å². The number of hydrogen-bond donors (Lipinski definition) is 0. The van der Waals surface area contributed by atoms with Crippen LogP contribution in [-0.4, -0.2) is 19.2 Å². The summed E-state index contributed by atoms with van der Waals surface area (Å²) in [6.45, 7) is 9.94. The first kappa shape index (κ1) is 24.5. The number of anilines is 1. The van der Waals surface area contributed by atoms with E-state index in [0.29, 0.717) is 5.56 Å². The van der Waals surface area contributed by atoms with Gasteiger partial charge in [-0.3, -0.25) is 4.79 Å². The Hall–Kier alpha value is -2.76. The minimum atomic E-state index is -4.74. The third-order valence-electron chi connectivity index (χ3n) is 5.48. The monoisotopic (exact) mass is 433 g/mol. The van der Waals surface area contributed by atoms with Crippen LogP contribution in [0.25, 0.3) is 11.1 Å². The highest BCUT2D eigenvalue weighted by Gasteiger charge is 2.31. The summed E-state index contributed by atoms with van der Waals surface area (Å²) in [6, 6.07) is 9.46. The molecule has 0 spiro atoms. The van der Waals surface area contributed by atoms with Crippen molar-refractivity contribution in [3.63, 3.8) is 0 Å². The molecule has 0 bridgehead atoms. The van der Waals surface area contributed by atoms with Crippen molar-refractivity contribution >= 4 is 11.5 Å². The van der Waals surface area contributed by atoms with E-state index in [0.717, 1.165) is 35.2 Å². The van der Waals surface area contributed by atoms with Gasteiger partial charge in [0.15, 0.2) is 5.78 Å². The molecule has 168 valence electrons. The SMILES string of the molecule is CC/C(C)=C/N(C)c1cc(C(=O)C(C)CC)cc(-c2ccc(OC(F)(F)F)cc2)c1C. The van der Waals surface area contributed by atoms with Crippen molar-refractivity contribution in [3.8, 4) is 16.9 Å².